The van der Waals surface area contributed by atoms with Crippen LogP contribution in [0.1, 0.15) is 61.3 Å². The Morgan fingerprint density at radius 2 is 1.57 bits per heavy atom. The third-order valence-corrected chi connectivity index (χ3v) is 2.86. The largest absolute Gasteiger partial charge is 0.471 e. The van der Waals surface area contributed by atoms with E-state index >= 15 is 0 Å². The highest BCUT2D eigenvalue weighted by Crippen LogP contribution is 2.29. The number of nitrogens with one attached hydrogen (secondary N) is 1. The summed E-state index contributed by atoms with van der Waals surface area (Å²) in [6.45, 7) is 13.0. The Morgan fingerprint density at radius 1 is 1.14 bits per heavy atom. The molecule has 5 heteroatoms. The number of rotatable bonds is 2. The molecule has 1 fully saturated rings. The average molecular weight is 307 g/mol. The van der Waals surface area contributed by atoms with Crippen molar-refractivity contribution in [2.75, 3.05) is 0 Å². The molecule has 1 rings (SSSR count). The van der Waals surface area contributed by atoms with Gasteiger partial charge in [-0.05, 0) is 33.6 Å². The van der Waals surface area contributed by atoms with Crippen molar-refractivity contribution >= 4 is 5.91 Å². The van der Waals surface area contributed by atoms with Gasteiger partial charge in [0, 0.05) is 17.4 Å². The Kier molecular flexibility index (Phi) is 10.2. The van der Waals surface area contributed by atoms with Crippen LogP contribution in [0, 0.1) is 23.2 Å². The molecule has 1 aliphatic rings. The highest BCUT2D eigenvalue weighted by Gasteiger charge is 2.41. The molecule has 0 aromatic heterocycles. The van der Waals surface area contributed by atoms with Gasteiger partial charge in [-0.2, -0.15) is 13.2 Å². The first-order valence-electron chi connectivity index (χ1n) is 7.53. The maximum Gasteiger partial charge on any atom is 0.471 e. The van der Waals surface area contributed by atoms with E-state index < -0.39 is 23.5 Å². The maximum absolute atomic E-state index is 12.1. The number of halogens is 3. The number of amides is 1. The van der Waals surface area contributed by atoms with Crippen LogP contribution in [0.3, 0.4) is 0 Å². The van der Waals surface area contributed by atoms with E-state index in [0.717, 1.165) is 12.8 Å². The highest BCUT2D eigenvalue weighted by atomic mass is 19.4. The minimum absolute atomic E-state index is 0.389. The lowest BCUT2D eigenvalue weighted by Gasteiger charge is -2.27. The molecular weight excluding hydrogens is 279 g/mol. The van der Waals surface area contributed by atoms with Gasteiger partial charge >= 0.3 is 12.1 Å². The van der Waals surface area contributed by atoms with E-state index in [1.807, 2.05) is 33.0 Å². The fraction of sp³-hybridized carbons (Fsp3) is 0.812. The molecule has 1 atom stereocenters. The lowest BCUT2D eigenvalue weighted by atomic mass is 9.86. The molecule has 124 valence electrons. The van der Waals surface area contributed by atoms with Gasteiger partial charge in [0.05, 0.1) is 0 Å². The third-order valence-electron chi connectivity index (χ3n) is 2.86. The van der Waals surface area contributed by atoms with Gasteiger partial charge in [0.25, 0.3) is 0 Å². The lowest BCUT2D eigenvalue weighted by molar-refractivity contribution is -0.174. The summed E-state index contributed by atoms with van der Waals surface area (Å²) in [7, 11) is 0. The van der Waals surface area contributed by atoms with Crippen LogP contribution in [0.15, 0.2) is 0 Å². The summed E-state index contributed by atoms with van der Waals surface area (Å²) >= 11 is 0. The predicted octanol–water partition coefficient (Wildman–Crippen LogP) is 4.55. The Labute approximate surface area is 126 Å². The van der Waals surface area contributed by atoms with E-state index in [1.165, 1.54) is 6.92 Å². The molecule has 0 bridgehead atoms. The molecule has 0 aromatic rings. The predicted molar refractivity (Wildman–Crippen MR) is 80.6 cm³/mol. The second-order valence-electron chi connectivity index (χ2n) is 4.96. The number of carbonyl (C=O) groups excluding carboxylic acids is 1. The second-order valence-corrected chi connectivity index (χ2v) is 4.96. The molecule has 0 heterocycles. The van der Waals surface area contributed by atoms with Crippen LogP contribution in [-0.4, -0.2) is 18.1 Å². The standard InChI is InChI=1S/C12H16F3NO.2C2H6/c1-8(16-10(17)12(13,14)15)11(2,3)7-6-9-4-5-9;2*1-2/h8-9H,4-5H2,1-3H3,(H,16,17);2*1-2H3. The molecule has 1 amide bonds. The molecule has 0 aromatic carbocycles. The summed E-state index contributed by atoms with van der Waals surface area (Å²) in [5.41, 5.74) is -0.663. The van der Waals surface area contributed by atoms with Crippen molar-refractivity contribution in [3.63, 3.8) is 0 Å². The number of hydrogen-bond donors (Lipinski definition) is 1. The minimum Gasteiger partial charge on any atom is -0.344 e. The Balaban J connectivity index is 0. The Hall–Kier alpha value is -1.18. The van der Waals surface area contributed by atoms with Crippen LogP contribution in [0.25, 0.3) is 0 Å². The van der Waals surface area contributed by atoms with Gasteiger partial charge in [0.1, 0.15) is 0 Å². The molecule has 2 nitrogen and oxygen atoms in total. The lowest BCUT2D eigenvalue weighted by Crippen LogP contribution is -2.47. The first kappa shape index (κ1) is 22.1. The SMILES string of the molecule is CC.CC.CC(NC(=O)C(F)(F)F)C(C)(C)C#CC1CC1. The van der Waals surface area contributed by atoms with Gasteiger partial charge in [-0.15, -0.1) is 0 Å². The average Bonchev–Trinajstić information content (AvgIpc) is 3.24. The smallest absolute Gasteiger partial charge is 0.344 e. The van der Waals surface area contributed by atoms with Gasteiger partial charge in [-0.1, -0.05) is 39.5 Å². The second kappa shape index (κ2) is 9.70. The van der Waals surface area contributed by atoms with Crippen molar-refractivity contribution in [1.29, 1.82) is 0 Å². The minimum atomic E-state index is -4.84. The van der Waals surface area contributed by atoms with Gasteiger partial charge in [-0.25, -0.2) is 0 Å². The normalized spacial score (nSPS) is 15.1. The van der Waals surface area contributed by atoms with Gasteiger partial charge in [0.2, 0.25) is 0 Å². The summed E-state index contributed by atoms with van der Waals surface area (Å²) in [5.74, 6) is 4.43. The number of carbonyl (C=O) groups is 1. The van der Waals surface area contributed by atoms with E-state index in [4.69, 9.17) is 0 Å². The number of hydrogen-bond acceptors (Lipinski definition) is 1. The summed E-state index contributed by atoms with van der Waals surface area (Å²) in [4.78, 5) is 10.8. The van der Waals surface area contributed by atoms with Crippen LogP contribution in [0.2, 0.25) is 0 Å². The van der Waals surface area contributed by atoms with Crippen molar-refractivity contribution in [2.45, 2.75) is 73.5 Å². The molecule has 0 saturated heterocycles. The molecule has 1 aliphatic carbocycles. The highest BCUT2D eigenvalue weighted by molar-refractivity contribution is 5.82. The molecule has 1 saturated carbocycles. The van der Waals surface area contributed by atoms with Crippen LogP contribution in [-0.2, 0) is 4.79 Å². The third kappa shape index (κ3) is 9.38. The fourth-order valence-electron chi connectivity index (χ4n) is 1.08. The Morgan fingerprint density at radius 3 is 1.90 bits per heavy atom. The summed E-state index contributed by atoms with van der Waals surface area (Å²) < 4.78 is 36.2. The van der Waals surface area contributed by atoms with Crippen molar-refractivity contribution in [1.82, 2.24) is 5.32 Å². The van der Waals surface area contributed by atoms with E-state index in [-0.39, 0.29) is 0 Å². The van der Waals surface area contributed by atoms with E-state index in [1.54, 1.807) is 13.8 Å². The first-order chi connectivity index (χ1) is 9.63. The fourth-order valence-corrected chi connectivity index (χ4v) is 1.08. The van der Waals surface area contributed by atoms with Crippen molar-refractivity contribution < 1.29 is 18.0 Å². The van der Waals surface area contributed by atoms with E-state index in [0.29, 0.717) is 5.92 Å². The summed E-state index contributed by atoms with van der Waals surface area (Å²) in [6.07, 6.45) is -2.72. The monoisotopic (exact) mass is 307 g/mol. The summed E-state index contributed by atoms with van der Waals surface area (Å²) in [6, 6.07) is -0.650. The molecule has 1 N–H and O–H groups in total. The van der Waals surface area contributed by atoms with Crippen molar-refractivity contribution in [3.8, 4) is 11.8 Å². The van der Waals surface area contributed by atoms with Gasteiger partial charge in [0.15, 0.2) is 0 Å². The van der Waals surface area contributed by atoms with Crippen LogP contribution in [0.5, 0.6) is 0 Å². The number of alkyl halides is 3. The topological polar surface area (TPSA) is 29.1 Å². The van der Waals surface area contributed by atoms with Gasteiger partial charge in [-0.3, -0.25) is 4.79 Å². The summed E-state index contributed by atoms with van der Waals surface area (Å²) in [5, 5.41) is 1.94. The van der Waals surface area contributed by atoms with Crippen LogP contribution >= 0.6 is 0 Å². The first-order valence-corrected chi connectivity index (χ1v) is 7.53. The van der Waals surface area contributed by atoms with Crippen molar-refractivity contribution in [2.24, 2.45) is 11.3 Å². The van der Waals surface area contributed by atoms with E-state index in [9.17, 15) is 18.0 Å². The molecule has 0 radical (unpaired) electrons. The maximum atomic E-state index is 12.1. The van der Waals surface area contributed by atoms with Crippen LogP contribution < -0.4 is 5.32 Å². The molecule has 21 heavy (non-hydrogen) atoms. The van der Waals surface area contributed by atoms with Crippen LogP contribution in [0.4, 0.5) is 13.2 Å². The molecule has 0 aliphatic heterocycles. The zero-order valence-electron chi connectivity index (χ0n) is 14.1. The molecular formula is C16H28F3NO. The zero-order chi connectivity index (χ0) is 17.3. The van der Waals surface area contributed by atoms with E-state index in [2.05, 4.69) is 11.8 Å². The van der Waals surface area contributed by atoms with Gasteiger partial charge < -0.3 is 5.32 Å². The quantitative estimate of drug-likeness (QED) is 0.745. The van der Waals surface area contributed by atoms with Crippen molar-refractivity contribution in [3.05, 3.63) is 0 Å². The molecule has 0 spiro atoms. The zero-order valence-corrected chi connectivity index (χ0v) is 14.1. The Bertz CT molecular complexity index is 360. The molecule has 1 unspecified atom stereocenters.